The van der Waals surface area contributed by atoms with E-state index >= 15 is 0 Å². The van der Waals surface area contributed by atoms with Crippen LogP contribution < -0.4 is 15.5 Å². The van der Waals surface area contributed by atoms with Crippen LogP contribution in [0.25, 0.3) is 0 Å². The first kappa shape index (κ1) is 21.0. The molecule has 8 nitrogen and oxygen atoms in total. The number of carbonyl (C=O) groups excluding carboxylic acids is 2. The van der Waals surface area contributed by atoms with Gasteiger partial charge >= 0.3 is 6.03 Å². The number of hydrogen-bond acceptors (Lipinski definition) is 6. The molecule has 1 aromatic heterocycles. The van der Waals surface area contributed by atoms with Crippen molar-refractivity contribution in [1.82, 2.24) is 20.4 Å². The van der Waals surface area contributed by atoms with Gasteiger partial charge in [-0.2, -0.15) is 0 Å². The Morgan fingerprint density at radius 3 is 2.31 bits per heavy atom. The van der Waals surface area contributed by atoms with Crippen LogP contribution in [-0.4, -0.2) is 59.3 Å². The molecule has 0 radical (unpaired) electrons. The summed E-state index contributed by atoms with van der Waals surface area (Å²) >= 11 is 1.33. The largest absolute Gasteiger partial charge is 0.368 e. The summed E-state index contributed by atoms with van der Waals surface area (Å²) in [5, 5.41) is 14.7. The molecule has 1 aliphatic heterocycles. The lowest BCUT2D eigenvalue weighted by Crippen LogP contribution is -2.54. The number of amides is 3. The van der Waals surface area contributed by atoms with Gasteiger partial charge in [-0.25, -0.2) is 9.18 Å². The van der Waals surface area contributed by atoms with Crippen LogP contribution in [0.5, 0.6) is 0 Å². The van der Waals surface area contributed by atoms with Crippen molar-refractivity contribution in [2.24, 2.45) is 0 Å². The molecular weight excluding hydrogens is 395 g/mol. The summed E-state index contributed by atoms with van der Waals surface area (Å²) in [5.41, 5.74) is 0.928. The minimum atomic E-state index is -0.705. The number of anilines is 2. The lowest BCUT2D eigenvalue weighted by atomic mass is 10.2. The highest BCUT2D eigenvalue weighted by Gasteiger charge is 2.24. The van der Waals surface area contributed by atoms with Gasteiger partial charge < -0.3 is 15.1 Å². The van der Waals surface area contributed by atoms with Crippen LogP contribution in [0.3, 0.4) is 0 Å². The Hall–Kier alpha value is -2.75. The van der Waals surface area contributed by atoms with E-state index in [9.17, 15) is 14.0 Å². The molecule has 3 amide bonds. The second-order valence-corrected chi connectivity index (χ2v) is 8.22. The highest BCUT2D eigenvalue weighted by Crippen LogP contribution is 2.22. The highest BCUT2D eigenvalue weighted by atomic mass is 32.1. The molecule has 156 valence electrons. The molecule has 0 bridgehead atoms. The molecule has 1 aromatic carbocycles. The molecule has 1 fully saturated rings. The minimum Gasteiger partial charge on any atom is -0.368 e. The Bertz CT molecular complexity index is 849. The average Bonchev–Trinajstić information content (AvgIpc) is 3.17. The highest BCUT2D eigenvalue weighted by molar-refractivity contribution is 7.15. The fourth-order valence-corrected chi connectivity index (χ4v) is 3.64. The molecule has 0 aliphatic carbocycles. The van der Waals surface area contributed by atoms with E-state index in [0.717, 1.165) is 10.7 Å². The molecular formula is C19H25FN6O2S. The van der Waals surface area contributed by atoms with Gasteiger partial charge in [-0.3, -0.25) is 10.1 Å². The molecule has 2 heterocycles. The van der Waals surface area contributed by atoms with Crippen LogP contribution in [-0.2, 0) is 4.79 Å². The van der Waals surface area contributed by atoms with Crippen LogP contribution in [0.1, 0.15) is 31.7 Å². The summed E-state index contributed by atoms with van der Waals surface area (Å²) in [5.74, 6) is -0.369. The molecule has 1 atom stereocenters. The number of aromatic nitrogens is 2. The van der Waals surface area contributed by atoms with Crippen molar-refractivity contribution in [2.45, 2.75) is 32.7 Å². The lowest BCUT2D eigenvalue weighted by Gasteiger charge is -2.36. The second-order valence-electron chi connectivity index (χ2n) is 7.21. The maximum Gasteiger partial charge on any atom is 0.318 e. The first-order chi connectivity index (χ1) is 13.8. The van der Waals surface area contributed by atoms with Gasteiger partial charge in [0.2, 0.25) is 11.0 Å². The van der Waals surface area contributed by atoms with Crippen LogP contribution in [0, 0.1) is 5.82 Å². The number of piperazine rings is 1. The van der Waals surface area contributed by atoms with Crippen molar-refractivity contribution in [3.05, 3.63) is 35.1 Å². The Morgan fingerprint density at radius 1 is 1.07 bits per heavy atom. The van der Waals surface area contributed by atoms with Gasteiger partial charge in [-0.1, -0.05) is 25.2 Å². The Labute approximate surface area is 173 Å². The van der Waals surface area contributed by atoms with Crippen molar-refractivity contribution in [1.29, 1.82) is 0 Å². The van der Waals surface area contributed by atoms with Gasteiger partial charge in [0.15, 0.2) is 0 Å². The van der Waals surface area contributed by atoms with Crippen molar-refractivity contribution in [3.63, 3.8) is 0 Å². The zero-order valence-corrected chi connectivity index (χ0v) is 17.5. The fraction of sp³-hybridized carbons (Fsp3) is 0.474. The average molecular weight is 421 g/mol. The number of carbonyl (C=O) groups is 2. The Balaban J connectivity index is 1.47. The summed E-state index contributed by atoms with van der Waals surface area (Å²) < 4.78 is 13.1. The number of urea groups is 1. The Kier molecular flexibility index (Phi) is 6.63. The second kappa shape index (κ2) is 9.17. The molecule has 2 aromatic rings. The van der Waals surface area contributed by atoms with Crippen molar-refractivity contribution < 1.29 is 14.0 Å². The third kappa shape index (κ3) is 5.41. The number of nitrogens with zero attached hydrogens (tertiary/aromatic N) is 4. The molecule has 1 saturated heterocycles. The van der Waals surface area contributed by atoms with E-state index in [4.69, 9.17) is 0 Å². The normalized spacial score (nSPS) is 15.3. The standard InChI is InChI=1S/C19H25FN6O2S/c1-12(2)17-23-24-18(29-17)22-16(27)13(3)21-19(28)26-10-8-25(9-11-26)15-6-4-14(20)5-7-15/h4-7,12-13H,8-11H2,1-3H3,(H,21,28)(H,22,24,27)/t13-/m1/s1. The summed E-state index contributed by atoms with van der Waals surface area (Å²) in [6.45, 7) is 7.96. The van der Waals surface area contributed by atoms with Crippen LogP contribution >= 0.6 is 11.3 Å². The molecule has 3 rings (SSSR count). The van der Waals surface area contributed by atoms with Gasteiger partial charge in [0.1, 0.15) is 16.9 Å². The summed E-state index contributed by atoms with van der Waals surface area (Å²) in [7, 11) is 0. The monoisotopic (exact) mass is 420 g/mol. The number of hydrogen-bond donors (Lipinski definition) is 2. The topological polar surface area (TPSA) is 90.5 Å². The van der Waals surface area contributed by atoms with Crippen LogP contribution in [0.4, 0.5) is 20.0 Å². The maximum absolute atomic E-state index is 13.1. The van der Waals surface area contributed by atoms with Crippen LogP contribution in [0.2, 0.25) is 0 Å². The van der Waals surface area contributed by atoms with Gasteiger partial charge in [0.05, 0.1) is 0 Å². The number of nitrogens with one attached hydrogen (secondary N) is 2. The van der Waals surface area contributed by atoms with Gasteiger partial charge in [0, 0.05) is 37.8 Å². The van der Waals surface area contributed by atoms with E-state index in [1.54, 1.807) is 24.0 Å². The SMILES string of the molecule is CC(C)c1nnc(NC(=O)[C@@H](C)NC(=O)N2CCN(c3ccc(F)cc3)CC2)s1. The summed E-state index contributed by atoms with van der Waals surface area (Å²) in [6, 6.07) is 5.33. The first-order valence-electron chi connectivity index (χ1n) is 9.53. The van der Waals surface area contributed by atoms with Crippen molar-refractivity contribution >= 4 is 34.1 Å². The third-order valence-corrected chi connectivity index (χ3v) is 5.80. The van der Waals surface area contributed by atoms with E-state index < -0.39 is 6.04 Å². The smallest absolute Gasteiger partial charge is 0.318 e. The number of benzene rings is 1. The van der Waals surface area contributed by atoms with Gasteiger partial charge in [0.25, 0.3) is 0 Å². The molecule has 0 unspecified atom stereocenters. The van der Waals surface area contributed by atoms with Gasteiger partial charge in [-0.15, -0.1) is 10.2 Å². The number of rotatable bonds is 5. The third-order valence-electron chi connectivity index (χ3n) is 4.66. The predicted molar refractivity (Wildman–Crippen MR) is 111 cm³/mol. The molecule has 10 heteroatoms. The van der Waals surface area contributed by atoms with Crippen LogP contribution in [0.15, 0.2) is 24.3 Å². The van der Waals surface area contributed by atoms with E-state index in [0.29, 0.717) is 31.3 Å². The van der Waals surface area contributed by atoms with Crippen molar-refractivity contribution in [3.8, 4) is 0 Å². The molecule has 29 heavy (non-hydrogen) atoms. The molecule has 0 saturated carbocycles. The Morgan fingerprint density at radius 2 is 1.72 bits per heavy atom. The number of halogens is 1. The quantitative estimate of drug-likeness (QED) is 0.776. The maximum atomic E-state index is 13.1. The van der Waals surface area contributed by atoms with E-state index in [1.165, 1.54) is 23.5 Å². The summed E-state index contributed by atoms with van der Waals surface area (Å²) in [4.78, 5) is 28.6. The molecule has 2 N–H and O–H groups in total. The zero-order valence-electron chi connectivity index (χ0n) is 16.7. The van der Waals surface area contributed by atoms with Crippen molar-refractivity contribution in [2.75, 3.05) is 36.4 Å². The predicted octanol–water partition coefficient (Wildman–Crippen LogP) is 2.66. The summed E-state index contributed by atoms with van der Waals surface area (Å²) in [6.07, 6.45) is 0. The van der Waals surface area contributed by atoms with E-state index in [2.05, 4.69) is 25.7 Å². The molecule has 1 aliphatic rings. The molecule has 0 spiro atoms. The minimum absolute atomic E-state index is 0.240. The first-order valence-corrected chi connectivity index (χ1v) is 10.4. The zero-order chi connectivity index (χ0) is 21.0. The van der Waals surface area contributed by atoms with E-state index in [1.807, 2.05) is 13.8 Å². The lowest BCUT2D eigenvalue weighted by molar-refractivity contribution is -0.117. The van der Waals surface area contributed by atoms with E-state index in [-0.39, 0.29) is 23.7 Å². The fourth-order valence-electron chi connectivity index (χ4n) is 2.89. The van der Waals surface area contributed by atoms with Gasteiger partial charge in [-0.05, 0) is 31.2 Å².